The standard InChI is InChI=1S/C9H20N2O2/c1-8(2,7(12)11-13)5-6-9(3,4)10/h13H,5-6,10H2,1-4H3,(H,11,12). The Balaban J connectivity index is 4.11. The quantitative estimate of drug-likeness (QED) is 0.455. The Hall–Kier alpha value is -0.610. The first-order valence-corrected chi connectivity index (χ1v) is 4.42. The molecule has 0 atom stereocenters. The van der Waals surface area contributed by atoms with E-state index in [0.29, 0.717) is 6.42 Å². The van der Waals surface area contributed by atoms with Gasteiger partial charge in [0, 0.05) is 11.0 Å². The summed E-state index contributed by atoms with van der Waals surface area (Å²) in [6.45, 7) is 7.40. The van der Waals surface area contributed by atoms with Crippen LogP contribution in [0.3, 0.4) is 0 Å². The van der Waals surface area contributed by atoms with Crippen LogP contribution in [0.4, 0.5) is 0 Å². The van der Waals surface area contributed by atoms with Crippen molar-refractivity contribution in [2.24, 2.45) is 11.1 Å². The van der Waals surface area contributed by atoms with Crippen LogP contribution in [-0.4, -0.2) is 16.7 Å². The lowest BCUT2D eigenvalue weighted by Crippen LogP contribution is -2.39. The zero-order chi connectivity index (χ0) is 10.7. The van der Waals surface area contributed by atoms with Gasteiger partial charge < -0.3 is 5.73 Å². The first kappa shape index (κ1) is 12.4. The molecule has 0 aromatic carbocycles. The predicted octanol–water partition coefficient (Wildman–Crippen LogP) is 1.04. The van der Waals surface area contributed by atoms with Crippen LogP contribution in [-0.2, 0) is 4.79 Å². The number of hydroxylamine groups is 1. The van der Waals surface area contributed by atoms with Crippen LogP contribution >= 0.6 is 0 Å². The van der Waals surface area contributed by atoms with Crippen molar-refractivity contribution in [3.05, 3.63) is 0 Å². The van der Waals surface area contributed by atoms with Gasteiger partial charge in [0.15, 0.2) is 0 Å². The average Bonchev–Trinajstić information content (AvgIpc) is 1.98. The van der Waals surface area contributed by atoms with Crippen molar-refractivity contribution >= 4 is 5.91 Å². The molecular formula is C9H20N2O2. The van der Waals surface area contributed by atoms with Crippen molar-refractivity contribution < 1.29 is 10.0 Å². The van der Waals surface area contributed by atoms with Gasteiger partial charge in [0.1, 0.15) is 0 Å². The Kier molecular flexibility index (Phi) is 3.88. The van der Waals surface area contributed by atoms with E-state index in [4.69, 9.17) is 10.9 Å². The normalized spacial score (nSPS) is 12.8. The highest BCUT2D eigenvalue weighted by Gasteiger charge is 2.28. The lowest BCUT2D eigenvalue weighted by molar-refractivity contribution is -0.138. The Morgan fingerprint density at radius 1 is 1.31 bits per heavy atom. The molecule has 0 heterocycles. The molecule has 0 aliphatic carbocycles. The van der Waals surface area contributed by atoms with Crippen molar-refractivity contribution in [3.8, 4) is 0 Å². The second-order valence-corrected chi connectivity index (χ2v) is 4.81. The molecule has 0 aromatic rings. The number of carbonyl (C=O) groups excluding carboxylic acids is 1. The minimum absolute atomic E-state index is 0.271. The summed E-state index contributed by atoms with van der Waals surface area (Å²) in [6, 6.07) is 0. The van der Waals surface area contributed by atoms with Crippen LogP contribution in [0.5, 0.6) is 0 Å². The summed E-state index contributed by atoms with van der Waals surface area (Å²) < 4.78 is 0. The second-order valence-electron chi connectivity index (χ2n) is 4.81. The van der Waals surface area contributed by atoms with E-state index in [-0.39, 0.29) is 11.4 Å². The zero-order valence-corrected chi connectivity index (χ0v) is 8.85. The zero-order valence-electron chi connectivity index (χ0n) is 8.85. The first-order valence-electron chi connectivity index (χ1n) is 4.42. The first-order chi connectivity index (χ1) is 5.69. The van der Waals surface area contributed by atoms with E-state index in [1.165, 1.54) is 0 Å². The summed E-state index contributed by atoms with van der Waals surface area (Å²) in [4.78, 5) is 11.1. The van der Waals surface area contributed by atoms with Gasteiger partial charge in [-0.25, -0.2) is 5.48 Å². The highest BCUT2D eigenvalue weighted by atomic mass is 16.5. The predicted molar refractivity (Wildman–Crippen MR) is 51.2 cm³/mol. The van der Waals surface area contributed by atoms with E-state index < -0.39 is 5.41 Å². The summed E-state index contributed by atoms with van der Waals surface area (Å²) in [7, 11) is 0. The van der Waals surface area contributed by atoms with Gasteiger partial charge in [-0.1, -0.05) is 13.8 Å². The van der Waals surface area contributed by atoms with Crippen molar-refractivity contribution in [2.45, 2.75) is 46.1 Å². The lowest BCUT2D eigenvalue weighted by Gasteiger charge is -2.26. The molecule has 0 rings (SSSR count). The summed E-state index contributed by atoms with van der Waals surface area (Å²) in [5.41, 5.74) is 6.62. The maximum absolute atomic E-state index is 11.1. The Morgan fingerprint density at radius 3 is 2.08 bits per heavy atom. The van der Waals surface area contributed by atoms with Gasteiger partial charge in [0.2, 0.25) is 5.91 Å². The fourth-order valence-electron chi connectivity index (χ4n) is 0.900. The number of hydrogen-bond donors (Lipinski definition) is 3. The number of amides is 1. The average molecular weight is 188 g/mol. The molecular weight excluding hydrogens is 168 g/mol. The van der Waals surface area contributed by atoms with E-state index in [1.54, 1.807) is 19.3 Å². The van der Waals surface area contributed by atoms with E-state index in [2.05, 4.69) is 0 Å². The molecule has 4 N–H and O–H groups in total. The number of carbonyl (C=O) groups is 1. The van der Waals surface area contributed by atoms with Crippen molar-refractivity contribution in [2.75, 3.05) is 0 Å². The SMILES string of the molecule is CC(C)(N)CCC(C)(C)C(=O)NO. The fraction of sp³-hybridized carbons (Fsp3) is 0.889. The molecule has 0 aliphatic rings. The largest absolute Gasteiger partial charge is 0.326 e. The molecule has 4 nitrogen and oxygen atoms in total. The van der Waals surface area contributed by atoms with E-state index in [9.17, 15) is 4.79 Å². The second kappa shape index (κ2) is 4.07. The molecule has 1 amide bonds. The monoisotopic (exact) mass is 188 g/mol. The molecule has 0 radical (unpaired) electrons. The Bertz CT molecular complexity index is 183. The van der Waals surface area contributed by atoms with Gasteiger partial charge in [-0.2, -0.15) is 0 Å². The maximum atomic E-state index is 11.1. The molecule has 0 unspecified atom stereocenters. The minimum Gasteiger partial charge on any atom is -0.326 e. The highest BCUT2D eigenvalue weighted by molar-refractivity contribution is 5.80. The number of nitrogens with two attached hydrogens (primary N) is 1. The smallest absolute Gasteiger partial charge is 0.248 e. The molecule has 13 heavy (non-hydrogen) atoms. The summed E-state index contributed by atoms with van der Waals surface area (Å²) in [5.74, 6) is -0.364. The summed E-state index contributed by atoms with van der Waals surface area (Å²) >= 11 is 0. The third-order valence-corrected chi connectivity index (χ3v) is 2.11. The molecule has 0 aromatic heterocycles. The maximum Gasteiger partial charge on any atom is 0.248 e. The van der Waals surface area contributed by atoms with Crippen molar-refractivity contribution in [1.82, 2.24) is 5.48 Å². The number of rotatable bonds is 4. The Labute approximate surface area is 79.5 Å². The topological polar surface area (TPSA) is 75.4 Å². The van der Waals surface area contributed by atoms with Crippen LogP contribution in [0.2, 0.25) is 0 Å². The van der Waals surface area contributed by atoms with Gasteiger partial charge in [-0.05, 0) is 26.7 Å². The highest BCUT2D eigenvalue weighted by Crippen LogP contribution is 2.25. The van der Waals surface area contributed by atoms with Crippen LogP contribution in [0, 0.1) is 5.41 Å². The molecule has 0 spiro atoms. The van der Waals surface area contributed by atoms with Gasteiger partial charge in [-0.3, -0.25) is 10.0 Å². The number of hydrogen-bond acceptors (Lipinski definition) is 3. The van der Waals surface area contributed by atoms with Gasteiger partial charge >= 0.3 is 0 Å². The molecule has 4 heteroatoms. The van der Waals surface area contributed by atoms with Crippen LogP contribution in [0.1, 0.15) is 40.5 Å². The van der Waals surface area contributed by atoms with Crippen molar-refractivity contribution in [1.29, 1.82) is 0 Å². The van der Waals surface area contributed by atoms with Gasteiger partial charge in [0.05, 0.1) is 0 Å². The minimum atomic E-state index is -0.564. The lowest BCUT2D eigenvalue weighted by atomic mass is 9.83. The third-order valence-electron chi connectivity index (χ3n) is 2.11. The molecule has 0 bridgehead atoms. The Morgan fingerprint density at radius 2 is 1.77 bits per heavy atom. The van der Waals surface area contributed by atoms with Crippen LogP contribution < -0.4 is 11.2 Å². The van der Waals surface area contributed by atoms with E-state index in [0.717, 1.165) is 6.42 Å². The van der Waals surface area contributed by atoms with Crippen molar-refractivity contribution in [3.63, 3.8) is 0 Å². The van der Waals surface area contributed by atoms with Gasteiger partial charge in [0.25, 0.3) is 0 Å². The van der Waals surface area contributed by atoms with Crippen LogP contribution in [0.15, 0.2) is 0 Å². The van der Waals surface area contributed by atoms with Gasteiger partial charge in [-0.15, -0.1) is 0 Å². The fourth-order valence-corrected chi connectivity index (χ4v) is 0.900. The molecule has 0 fully saturated rings. The van der Waals surface area contributed by atoms with E-state index >= 15 is 0 Å². The molecule has 0 saturated heterocycles. The number of nitrogens with one attached hydrogen (secondary N) is 1. The summed E-state index contributed by atoms with van der Waals surface area (Å²) in [5, 5.41) is 8.47. The molecule has 0 aliphatic heterocycles. The van der Waals surface area contributed by atoms with E-state index in [1.807, 2.05) is 13.8 Å². The summed E-state index contributed by atoms with van der Waals surface area (Å²) in [6.07, 6.45) is 1.40. The third kappa shape index (κ3) is 4.85. The molecule has 0 saturated carbocycles. The molecule has 78 valence electrons. The van der Waals surface area contributed by atoms with Crippen LogP contribution in [0.25, 0.3) is 0 Å².